The zero-order valence-corrected chi connectivity index (χ0v) is 16.1. The molecule has 1 saturated carbocycles. The average Bonchev–Trinajstić information content (AvgIpc) is 2.98. The van der Waals surface area contributed by atoms with Crippen LogP contribution in [0.25, 0.3) is 0 Å². The molecule has 1 aromatic heterocycles. The van der Waals surface area contributed by atoms with E-state index in [9.17, 15) is 4.79 Å². The number of likely N-dealkylation sites (N-methyl/N-ethyl adjacent to an activating group) is 1. The van der Waals surface area contributed by atoms with E-state index >= 15 is 0 Å². The molecule has 2 aromatic rings. The molecule has 1 aliphatic rings. The molecule has 1 amide bonds. The highest BCUT2D eigenvalue weighted by atomic mass is 32.1. The van der Waals surface area contributed by atoms with Crippen molar-refractivity contribution in [3.63, 3.8) is 0 Å². The maximum Gasteiger partial charge on any atom is 0.253 e. The minimum atomic E-state index is -0.658. The molecule has 0 saturated heterocycles. The van der Waals surface area contributed by atoms with Gasteiger partial charge in [-0.2, -0.15) is 5.26 Å². The lowest BCUT2D eigenvalue weighted by molar-refractivity contribution is -0.125. The molecule has 0 unspecified atom stereocenters. The summed E-state index contributed by atoms with van der Waals surface area (Å²) in [5.74, 6) is 0.000477. The van der Waals surface area contributed by atoms with Gasteiger partial charge in [0.15, 0.2) is 0 Å². The number of carbonyl (C=O) groups excluding carboxylic acids is 1. The lowest BCUT2D eigenvalue weighted by Gasteiger charge is -2.49. The second-order valence-electron chi connectivity index (χ2n) is 6.87. The third kappa shape index (κ3) is 2.89. The molecule has 26 heavy (non-hydrogen) atoms. The van der Waals surface area contributed by atoms with Gasteiger partial charge in [0.2, 0.25) is 0 Å². The summed E-state index contributed by atoms with van der Waals surface area (Å²) in [7, 11) is 3.56. The first-order valence-corrected chi connectivity index (χ1v) is 9.06. The Morgan fingerprint density at radius 1 is 1.31 bits per heavy atom. The van der Waals surface area contributed by atoms with E-state index in [4.69, 9.17) is 17.5 Å². The van der Waals surface area contributed by atoms with Gasteiger partial charge in [-0.05, 0) is 44.4 Å². The molecule has 6 heteroatoms. The number of hydrogen-bond donors (Lipinski definition) is 0. The van der Waals surface area contributed by atoms with Crippen LogP contribution in [0.3, 0.4) is 0 Å². The molecule has 1 heterocycles. The van der Waals surface area contributed by atoms with E-state index in [1.54, 1.807) is 41.3 Å². The monoisotopic (exact) mass is 366 g/mol. The van der Waals surface area contributed by atoms with Crippen LogP contribution in [0.5, 0.6) is 0 Å². The van der Waals surface area contributed by atoms with Gasteiger partial charge in [-0.1, -0.05) is 29.9 Å². The van der Waals surface area contributed by atoms with Crippen LogP contribution >= 0.6 is 12.2 Å². The van der Waals surface area contributed by atoms with Crippen molar-refractivity contribution < 1.29 is 4.79 Å². The molecule has 0 atom stereocenters. The number of hydrogen-bond acceptors (Lipinski definition) is 3. The van der Waals surface area contributed by atoms with E-state index in [0.29, 0.717) is 11.4 Å². The average molecular weight is 366 g/mol. The highest BCUT2D eigenvalue weighted by molar-refractivity contribution is 7.79. The van der Waals surface area contributed by atoms with Gasteiger partial charge in [-0.15, -0.1) is 0 Å². The van der Waals surface area contributed by atoms with Gasteiger partial charge in [0.25, 0.3) is 5.91 Å². The van der Waals surface area contributed by atoms with Crippen molar-refractivity contribution >= 4 is 35.0 Å². The largest absolute Gasteiger partial charge is 0.340 e. The maximum absolute atomic E-state index is 13.4. The molecule has 0 N–H and O–H groups in total. The summed E-state index contributed by atoms with van der Waals surface area (Å²) in [5.41, 5.74) is 4.26. The van der Waals surface area contributed by atoms with Crippen LogP contribution in [0.2, 0.25) is 0 Å². The molecule has 1 aromatic carbocycles. The van der Waals surface area contributed by atoms with Crippen molar-refractivity contribution in [2.75, 3.05) is 16.8 Å². The Balaban J connectivity index is 1.94. The Kier molecular flexibility index (Phi) is 4.84. The number of aryl methyl sites for hydroxylation is 2. The number of rotatable bonds is 5. The number of carbonyl (C=O) groups is 1. The van der Waals surface area contributed by atoms with Crippen molar-refractivity contribution in [2.45, 2.75) is 31.7 Å². The van der Waals surface area contributed by atoms with Crippen LogP contribution in [0, 0.1) is 18.3 Å². The van der Waals surface area contributed by atoms with Crippen LogP contribution in [-0.2, 0) is 11.8 Å². The Morgan fingerprint density at radius 2 is 1.96 bits per heavy atom. The van der Waals surface area contributed by atoms with Crippen LogP contribution in [0.4, 0.5) is 11.4 Å². The predicted molar refractivity (Wildman–Crippen MR) is 107 cm³/mol. The fourth-order valence-corrected chi connectivity index (χ4v) is 3.78. The first kappa shape index (κ1) is 18.2. The molecule has 1 aliphatic carbocycles. The van der Waals surface area contributed by atoms with E-state index < -0.39 is 5.54 Å². The first-order chi connectivity index (χ1) is 12.4. The standard InChI is InChI=1S/C20H22N4OS/c1-15-5-7-16(8-6-15)24(14-26)20(9-4-10-20)19(25)23(3)18-11-17(12-21)22(2)13-18/h5-8,11,13-14H,4,9-10H2,1-3H3. The molecule has 1 fully saturated rings. The maximum atomic E-state index is 13.4. The second-order valence-corrected chi connectivity index (χ2v) is 7.08. The lowest BCUT2D eigenvalue weighted by Crippen LogP contribution is -2.63. The summed E-state index contributed by atoms with van der Waals surface area (Å²) in [4.78, 5) is 17.0. The molecule has 0 spiro atoms. The van der Waals surface area contributed by atoms with Crippen molar-refractivity contribution in [3.8, 4) is 6.07 Å². The van der Waals surface area contributed by atoms with E-state index in [1.165, 1.54) is 0 Å². The summed E-state index contributed by atoms with van der Waals surface area (Å²) in [6.07, 6.45) is 4.31. The van der Waals surface area contributed by atoms with Gasteiger partial charge >= 0.3 is 0 Å². The van der Waals surface area contributed by atoms with Crippen LogP contribution in [0.15, 0.2) is 36.5 Å². The zero-order chi connectivity index (χ0) is 18.9. The summed E-state index contributed by atoms with van der Waals surface area (Å²) in [6, 6.07) is 11.9. The SMILES string of the molecule is Cc1ccc(N(C=S)C2(C(=O)N(C)c3cc(C#N)n(C)c3)CCC2)cc1. The Bertz CT molecular complexity index is 874. The van der Waals surface area contributed by atoms with Gasteiger partial charge in [-0.3, -0.25) is 4.79 Å². The molecule has 0 aliphatic heterocycles. The summed E-state index contributed by atoms with van der Waals surface area (Å²) < 4.78 is 1.73. The fourth-order valence-electron chi connectivity index (χ4n) is 3.45. The second kappa shape index (κ2) is 6.93. The lowest BCUT2D eigenvalue weighted by atomic mass is 9.74. The Labute approximate surface area is 159 Å². The van der Waals surface area contributed by atoms with Gasteiger partial charge in [0.1, 0.15) is 17.3 Å². The van der Waals surface area contributed by atoms with Crippen molar-refractivity contribution in [2.24, 2.45) is 7.05 Å². The number of amides is 1. The summed E-state index contributed by atoms with van der Waals surface area (Å²) in [5, 5.41) is 9.17. The quantitative estimate of drug-likeness (QED) is 0.760. The number of nitriles is 1. The third-order valence-electron chi connectivity index (χ3n) is 5.25. The Hall–Kier alpha value is -2.65. The normalized spacial score (nSPS) is 14.8. The molecule has 5 nitrogen and oxygen atoms in total. The third-order valence-corrected chi connectivity index (χ3v) is 5.47. The van der Waals surface area contributed by atoms with E-state index in [1.807, 2.05) is 36.1 Å². The summed E-state index contributed by atoms with van der Waals surface area (Å²) >= 11 is 5.29. The van der Waals surface area contributed by atoms with E-state index in [0.717, 1.165) is 30.5 Å². The number of benzene rings is 1. The number of aromatic nitrogens is 1. The molecular formula is C20H22N4OS. The minimum Gasteiger partial charge on any atom is -0.340 e. The van der Waals surface area contributed by atoms with Gasteiger partial charge in [-0.25, -0.2) is 0 Å². The minimum absolute atomic E-state index is 0.000477. The fraction of sp³-hybridized carbons (Fsp3) is 0.350. The molecular weight excluding hydrogens is 344 g/mol. The smallest absolute Gasteiger partial charge is 0.253 e. The number of thiocarbonyl (C=S) groups is 1. The van der Waals surface area contributed by atoms with Gasteiger partial charge < -0.3 is 14.4 Å². The predicted octanol–water partition coefficient (Wildman–Crippen LogP) is 3.55. The highest BCUT2D eigenvalue weighted by Gasteiger charge is 2.50. The molecule has 3 rings (SSSR count). The molecule has 134 valence electrons. The van der Waals surface area contributed by atoms with E-state index in [2.05, 4.69) is 6.07 Å². The van der Waals surface area contributed by atoms with Crippen molar-refractivity contribution in [1.29, 1.82) is 5.26 Å². The van der Waals surface area contributed by atoms with E-state index in [-0.39, 0.29) is 5.91 Å². The highest BCUT2D eigenvalue weighted by Crippen LogP contribution is 2.42. The molecule has 0 radical (unpaired) electrons. The summed E-state index contributed by atoms with van der Waals surface area (Å²) in [6.45, 7) is 2.03. The van der Waals surface area contributed by atoms with Crippen LogP contribution in [0.1, 0.15) is 30.5 Å². The van der Waals surface area contributed by atoms with Crippen molar-refractivity contribution in [3.05, 3.63) is 47.8 Å². The number of anilines is 2. The van der Waals surface area contributed by atoms with Crippen LogP contribution in [-0.4, -0.2) is 28.6 Å². The Morgan fingerprint density at radius 3 is 2.42 bits per heavy atom. The number of nitrogens with zero attached hydrogens (tertiary/aromatic N) is 4. The first-order valence-electron chi connectivity index (χ1n) is 8.59. The topological polar surface area (TPSA) is 52.3 Å². The zero-order valence-electron chi connectivity index (χ0n) is 15.3. The van der Waals surface area contributed by atoms with Gasteiger partial charge in [0, 0.05) is 26.0 Å². The molecule has 0 bridgehead atoms. The van der Waals surface area contributed by atoms with Crippen molar-refractivity contribution in [1.82, 2.24) is 4.57 Å². The van der Waals surface area contributed by atoms with Gasteiger partial charge in [0.05, 0.1) is 11.2 Å². The van der Waals surface area contributed by atoms with Crippen LogP contribution < -0.4 is 9.80 Å².